The Hall–Kier alpha value is -0.880. The van der Waals surface area contributed by atoms with Gasteiger partial charge in [0, 0.05) is 30.6 Å². The number of piperidine rings is 1. The second kappa shape index (κ2) is 5.34. The van der Waals surface area contributed by atoms with Gasteiger partial charge >= 0.3 is 0 Å². The molecule has 1 saturated heterocycles. The van der Waals surface area contributed by atoms with Gasteiger partial charge in [0.2, 0.25) is 0 Å². The van der Waals surface area contributed by atoms with Crippen LogP contribution in [0.2, 0.25) is 4.34 Å². The third-order valence-corrected chi connectivity index (χ3v) is 6.17. The maximum Gasteiger partial charge on any atom is 0.106 e. The molecule has 4 heterocycles. The van der Waals surface area contributed by atoms with Gasteiger partial charge in [-0.25, -0.2) is 4.98 Å². The summed E-state index contributed by atoms with van der Waals surface area (Å²) < 4.78 is 9.22. The van der Waals surface area contributed by atoms with E-state index in [1.165, 1.54) is 10.4 Å². The summed E-state index contributed by atoms with van der Waals surface area (Å²) in [6.07, 6.45) is 6.82. The van der Waals surface area contributed by atoms with Gasteiger partial charge < -0.3 is 14.6 Å². The van der Waals surface area contributed by atoms with Crippen molar-refractivity contribution in [2.75, 3.05) is 6.61 Å². The minimum absolute atomic E-state index is 0.210. The predicted octanol–water partition coefficient (Wildman–Crippen LogP) is 3.42. The van der Waals surface area contributed by atoms with Crippen LogP contribution in [0.25, 0.3) is 0 Å². The Labute approximate surface area is 139 Å². The number of thiophene rings is 1. The van der Waals surface area contributed by atoms with Gasteiger partial charge in [-0.3, -0.25) is 0 Å². The van der Waals surface area contributed by atoms with Crippen LogP contribution in [0.4, 0.5) is 0 Å². The van der Waals surface area contributed by atoms with Crippen molar-refractivity contribution in [3.05, 3.63) is 39.1 Å². The molecule has 4 nitrogen and oxygen atoms in total. The fraction of sp³-hybridized carbons (Fsp3) is 0.562. The summed E-state index contributed by atoms with van der Waals surface area (Å²) in [4.78, 5) is 5.87. The minimum atomic E-state index is -0.210. The number of nitrogens with zero attached hydrogens (tertiary/aromatic N) is 2. The number of ether oxygens (including phenoxy) is 1. The first kappa shape index (κ1) is 14.7. The Kier molecular flexibility index (Phi) is 3.57. The highest BCUT2D eigenvalue weighted by atomic mass is 35.5. The summed E-state index contributed by atoms with van der Waals surface area (Å²) >= 11 is 7.97. The first-order valence-electron chi connectivity index (χ1n) is 7.72. The molecule has 0 aromatic carbocycles. The van der Waals surface area contributed by atoms with Crippen LogP contribution in [-0.4, -0.2) is 22.2 Å². The predicted molar refractivity (Wildman–Crippen MR) is 88.4 cm³/mol. The molecule has 22 heavy (non-hydrogen) atoms. The van der Waals surface area contributed by atoms with Gasteiger partial charge in [0.25, 0.3) is 0 Å². The van der Waals surface area contributed by atoms with Crippen LogP contribution in [0.15, 0.2) is 18.6 Å². The Morgan fingerprint density at radius 1 is 1.50 bits per heavy atom. The van der Waals surface area contributed by atoms with Crippen molar-refractivity contribution in [1.82, 2.24) is 14.9 Å². The van der Waals surface area contributed by atoms with Crippen LogP contribution in [0, 0.1) is 0 Å². The second-order valence-electron chi connectivity index (χ2n) is 6.49. The molecule has 1 N–H and O–H groups in total. The molecule has 1 spiro atoms. The molecule has 2 aromatic rings. The molecule has 0 saturated carbocycles. The average molecular weight is 338 g/mol. The van der Waals surface area contributed by atoms with Gasteiger partial charge in [-0.2, -0.15) is 0 Å². The molecule has 6 heteroatoms. The standard InChI is InChI=1S/C16H20ClN3OS/c1-10-6-16(7-12(19-10)13-8-20(2)9-18-13)15-11(3-4-21-16)5-14(17)22-15/h5,8-10,12,19H,3-4,6-7H2,1-2H3/t10-,12?,16?/m0/s1. The summed E-state index contributed by atoms with van der Waals surface area (Å²) in [5.41, 5.74) is 2.25. The number of halogens is 1. The number of fused-ring (bicyclic) bond motifs is 2. The number of hydrogen-bond acceptors (Lipinski definition) is 4. The van der Waals surface area contributed by atoms with E-state index in [1.807, 2.05) is 17.9 Å². The van der Waals surface area contributed by atoms with E-state index in [9.17, 15) is 0 Å². The van der Waals surface area contributed by atoms with E-state index < -0.39 is 0 Å². The Balaban J connectivity index is 1.72. The lowest BCUT2D eigenvalue weighted by molar-refractivity contribution is -0.0957. The summed E-state index contributed by atoms with van der Waals surface area (Å²) in [5, 5.41) is 3.67. The van der Waals surface area contributed by atoms with Crippen LogP contribution < -0.4 is 5.32 Å². The average Bonchev–Trinajstić information content (AvgIpc) is 3.04. The molecular weight excluding hydrogens is 318 g/mol. The maximum atomic E-state index is 6.35. The molecule has 1 fully saturated rings. The monoisotopic (exact) mass is 337 g/mol. The van der Waals surface area contributed by atoms with E-state index >= 15 is 0 Å². The van der Waals surface area contributed by atoms with Gasteiger partial charge in [-0.1, -0.05) is 11.6 Å². The first-order valence-corrected chi connectivity index (χ1v) is 8.92. The van der Waals surface area contributed by atoms with Crippen LogP contribution in [0.1, 0.15) is 41.9 Å². The Bertz CT molecular complexity index is 697. The van der Waals surface area contributed by atoms with E-state index in [4.69, 9.17) is 16.3 Å². The lowest BCUT2D eigenvalue weighted by Crippen LogP contribution is -2.49. The maximum absolute atomic E-state index is 6.35. The van der Waals surface area contributed by atoms with Crippen molar-refractivity contribution in [3.63, 3.8) is 0 Å². The van der Waals surface area contributed by atoms with E-state index in [0.29, 0.717) is 6.04 Å². The van der Waals surface area contributed by atoms with Crippen molar-refractivity contribution in [1.29, 1.82) is 0 Å². The lowest BCUT2D eigenvalue weighted by Gasteiger charge is -2.45. The molecule has 118 valence electrons. The normalized spacial score (nSPS) is 31.4. The van der Waals surface area contributed by atoms with Gasteiger partial charge in [-0.05, 0) is 31.4 Å². The molecular formula is C16H20ClN3OS. The highest BCUT2D eigenvalue weighted by Gasteiger charge is 2.46. The molecule has 0 radical (unpaired) electrons. The quantitative estimate of drug-likeness (QED) is 0.866. The fourth-order valence-electron chi connectivity index (χ4n) is 3.86. The third kappa shape index (κ3) is 2.40. The van der Waals surface area contributed by atoms with Crippen molar-refractivity contribution >= 4 is 22.9 Å². The highest BCUT2D eigenvalue weighted by Crippen LogP contribution is 2.49. The van der Waals surface area contributed by atoms with Crippen LogP contribution in [-0.2, 0) is 23.8 Å². The summed E-state index contributed by atoms with van der Waals surface area (Å²) in [6.45, 7) is 3.01. The third-order valence-electron chi connectivity index (χ3n) is 4.68. The summed E-state index contributed by atoms with van der Waals surface area (Å²) in [5.74, 6) is 0. The van der Waals surface area contributed by atoms with Crippen molar-refractivity contribution in [3.8, 4) is 0 Å². The second-order valence-corrected chi connectivity index (χ2v) is 8.17. The molecule has 2 aliphatic rings. The number of nitrogens with one attached hydrogen (secondary N) is 1. The molecule has 0 amide bonds. The van der Waals surface area contributed by atoms with Gasteiger partial charge in [0.15, 0.2) is 0 Å². The highest BCUT2D eigenvalue weighted by molar-refractivity contribution is 7.16. The number of aryl methyl sites for hydroxylation is 1. The minimum Gasteiger partial charge on any atom is -0.369 e. The molecule has 2 unspecified atom stereocenters. The van der Waals surface area contributed by atoms with Gasteiger partial charge in [0.05, 0.1) is 29.0 Å². The van der Waals surface area contributed by atoms with E-state index in [-0.39, 0.29) is 11.6 Å². The van der Waals surface area contributed by atoms with E-state index in [2.05, 4.69) is 29.5 Å². The zero-order valence-electron chi connectivity index (χ0n) is 12.8. The zero-order chi connectivity index (χ0) is 15.3. The molecule has 2 aliphatic heterocycles. The number of aromatic nitrogens is 2. The van der Waals surface area contributed by atoms with Crippen LogP contribution in [0.3, 0.4) is 0 Å². The largest absolute Gasteiger partial charge is 0.369 e. The van der Waals surface area contributed by atoms with Gasteiger partial charge in [-0.15, -0.1) is 11.3 Å². The fourth-order valence-corrected chi connectivity index (χ4v) is 5.33. The SMILES string of the molecule is C[C@H]1CC2(CC(c3cn(C)cn3)N1)OCCc1cc(Cl)sc12. The van der Waals surface area contributed by atoms with Gasteiger partial charge in [0.1, 0.15) is 5.60 Å². The van der Waals surface area contributed by atoms with Crippen molar-refractivity contribution in [2.45, 2.75) is 43.9 Å². The molecule has 0 aliphatic carbocycles. The molecule has 3 atom stereocenters. The Morgan fingerprint density at radius 3 is 3.14 bits per heavy atom. The summed E-state index contributed by atoms with van der Waals surface area (Å²) in [7, 11) is 2.01. The van der Waals surface area contributed by atoms with E-state index in [0.717, 1.165) is 35.9 Å². The first-order chi connectivity index (χ1) is 10.6. The summed E-state index contributed by atoms with van der Waals surface area (Å²) in [6, 6.07) is 2.72. The van der Waals surface area contributed by atoms with Crippen LogP contribution >= 0.6 is 22.9 Å². The van der Waals surface area contributed by atoms with E-state index in [1.54, 1.807) is 11.3 Å². The molecule has 2 aromatic heterocycles. The van der Waals surface area contributed by atoms with Crippen molar-refractivity contribution < 1.29 is 4.74 Å². The topological polar surface area (TPSA) is 39.1 Å². The Morgan fingerprint density at radius 2 is 2.36 bits per heavy atom. The molecule has 0 bridgehead atoms. The lowest BCUT2D eigenvalue weighted by atomic mass is 9.79. The zero-order valence-corrected chi connectivity index (χ0v) is 14.4. The smallest absolute Gasteiger partial charge is 0.106 e. The number of rotatable bonds is 1. The number of hydrogen-bond donors (Lipinski definition) is 1. The number of imidazole rings is 1. The molecule has 4 rings (SSSR count). The van der Waals surface area contributed by atoms with Crippen molar-refractivity contribution in [2.24, 2.45) is 7.05 Å². The van der Waals surface area contributed by atoms with Crippen LogP contribution in [0.5, 0.6) is 0 Å².